The van der Waals surface area contributed by atoms with E-state index in [1.54, 1.807) is 26.4 Å². The van der Waals surface area contributed by atoms with Gasteiger partial charge in [-0.1, -0.05) is 12.1 Å². The molecule has 0 fully saturated rings. The van der Waals surface area contributed by atoms with Gasteiger partial charge in [-0.3, -0.25) is 4.90 Å². The standard InChI is InChI=1S/C24H32FN3O3/c1-15(2)26-24(29)27-16(3)23-20-13-22(31-5)21(30-4)12-18(20)10-11-28(23)14-17-6-8-19(25)9-7-17/h6-9,12-13,15-16,23H,10-11,14H2,1-5H3,(H2,26,27,29)/t16-,23-/m0/s1. The third kappa shape index (κ3) is 5.47. The Hall–Kier alpha value is -2.80. The second kappa shape index (κ2) is 10.0. The fourth-order valence-electron chi connectivity index (χ4n) is 4.21. The molecule has 1 heterocycles. The number of carbonyl (C=O) groups excluding carboxylic acids is 1. The average molecular weight is 430 g/mol. The summed E-state index contributed by atoms with van der Waals surface area (Å²) in [6, 6.07) is 10.2. The highest BCUT2D eigenvalue weighted by atomic mass is 19.1. The topological polar surface area (TPSA) is 62.8 Å². The maximum atomic E-state index is 13.4. The molecular weight excluding hydrogens is 397 g/mol. The van der Waals surface area contributed by atoms with Gasteiger partial charge in [-0.05, 0) is 68.1 Å². The van der Waals surface area contributed by atoms with Crippen molar-refractivity contribution < 1.29 is 18.7 Å². The van der Waals surface area contributed by atoms with Crippen LogP contribution in [0.1, 0.15) is 43.5 Å². The van der Waals surface area contributed by atoms with Crippen LogP contribution in [0.15, 0.2) is 36.4 Å². The molecule has 2 aromatic rings. The molecule has 7 heteroatoms. The Balaban J connectivity index is 1.95. The molecule has 0 radical (unpaired) electrons. The molecule has 0 bridgehead atoms. The van der Waals surface area contributed by atoms with Crippen molar-refractivity contribution in [3.63, 3.8) is 0 Å². The van der Waals surface area contributed by atoms with Crippen LogP contribution in [0.25, 0.3) is 0 Å². The lowest BCUT2D eigenvalue weighted by molar-refractivity contribution is 0.143. The quantitative estimate of drug-likeness (QED) is 0.697. The largest absolute Gasteiger partial charge is 0.493 e. The van der Waals surface area contributed by atoms with Gasteiger partial charge in [0, 0.05) is 25.2 Å². The Bertz CT molecular complexity index is 902. The highest BCUT2D eigenvalue weighted by Crippen LogP contribution is 2.40. The number of carbonyl (C=O) groups is 1. The maximum absolute atomic E-state index is 13.4. The van der Waals surface area contributed by atoms with Gasteiger partial charge in [0.2, 0.25) is 0 Å². The van der Waals surface area contributed by atoms with Crippen molar-refractivity contribution in [2.75, 3.05) is 20.8 Å². The van der Waals surface area contributed by atoms with Crippen molar-refractivity contribution in [3.05, 3.63) is 58.9 Å². The molecule has 0 spiro atoms. The smallest absolute Gasteiger partial charge is 0.315 e. The van der Waals surface area contributed by atoms with E-state index in [-0.39, 0.29) is 30.0 Å². The van der Waals surface area contributed by atoms with Gasteiger partial charge in [-0.25, -0.2) is 9.18 Å². The molecule has 1 aliphatic rings. The number of fused-ring (bicyclic) bond motifs is 1. The van der Waals surface area contributed by atoms with E-state index < -0.39 is 0 Å². The molecule has 0 unspecified atom stereocenters. The molecule has 2 N–H and O–H groups in total. The fourth-order valence-corrected chi connectivity index (χ4v) is 4.21. The van der Waals surface area contributed by atoms with E-state index in [1.165, 1.54) is 17.7 Å². The minimum atomic E-state index is -0.249. The van der Waals surface area contributed by atoms with Crippen molar-refractivity contribution in [3.8, 4) is 11.5 Å². The van der Waals surface area contributed by atoms with Crippen molar-refractivity contribution in [1.29, 1.82) is 0 Å². The number of methoxy groups -OCH3 is 2. The van der Waals surface area contributed by atoms with E-state index in [2.05, 4.69) is 15.5 Å². The fraction of sp³-hybridized carbons (Fsp3) is 0.458. The lowest BCUT2D eigenvalue weighted by Gasteiger charge is -2.41. The van der Waals surface area contributed by atoms with Crippen LogP contribution in [-0.4, -0.2) is 43.8 Å². The molecule has 2 atom stereocenters. The van der Waals surface area contributed by atoms with Crippen LogP contribution in [0.2, 0.25) is 0 Å². The number of rotatable bonds is 7. The van der Waals surface area contributed by atoms with E-state index in [9.17, 15) is 9.18 Å². The summed E-state index contributed by atoms with van der Waals surface area (Å²) in [6.45, 7) is 7.32. The summed E-state index contributed by atoms with van der Waals surface area (Å²) in [4.78, 5) is 14.7. The number of benzene rings is 2. The van der Waals surface area contributed by atoms with Crippen molar-refractivity contribution >= 4 is 6.03 Å². The predicted molar refractivity (Wildman–Crippen MR) is 119 cm³/mol. The Labute approximate surface area is 183 Å². The van der Waals surface area contributed by atoms with Gasteiger partial charge in [0.15, 0.2) is 11.5 Å². The number of urea groups is 1. The first-order valence-electron chi connectivity index (χ1n) is 10.6. The first-order valence-corrected chi connectivity index (χ1v) is 10.6. The van der Waals surface area contributed by atoms with Crippen molar-refractivity contribution in [2.45, 2.75) is 51.9 Å². The molecule has 0 saturated carbocycles. The van der Waals surface area contributed by atoms with E-state index in [1.807, 2.05) is 32.9 Å². The molecule has 0 aromatic heterocycles. The summed E-state index contributed by atoms with van der Waals surface area (Å²) in [5.41, 5.74) is 3.30. The molecule has 6 nitrogen and oxygen atoms in total. The lowest BCUT2D eigenvalue weighted by Crippen LogP contribution is -2.50. The minimum Gasteiger partial charge on any atom is -0.493 e. The number of hydrogen-bond donors (Lipinski definition) is 2. The normalized spacial score (nSPS) is 17.1. The average Bonchev–Trinajstić information content (AvgIpc) is 2.73. The number of nitrogens with zero attached hydrogens (tertiary/aromatic N) is 1. The zero-order chi connectivity index (χ0) is 22.5. The zero-order valence-corrected chi connectivity index (χ0v) is 18.9. The Kier molecular flexibility index (Phi) is 7.38. The molecule has 0 aliphatic carbocycles. The number of ether oxygens (including phenoxy) is 2. The highest BCUT2D eigenvalue weighted by molar-refractivity contribution is 5.74. The molecular formula is C24H32FN3O3. The van der Waals surface area contributed by atoms with Gasteiger partial charge >= 0.3 is 6.03 Å². The lowest BCUT2D eigenvalue weighted by atomic mass is 9.87. The van der Waals surface area contributed by atoms with Gasteiger partial charge in [0.1, 0.15) is 5.82 Å². The molecule has 2 aromatic carbocycles. The third-order valence-electron chi connectivity index (χ3n) is 5.58. The first kappa shape index (κ1) is 22.9. The maximum Gasteiger partial charge on any atom is 0.315 e. The van der Waals surface area contributed by atoms with Crippen molar-refractivity contribution in [1.82, 2.24) is 15.5 Å². The summed E-state index contributed by atoms with van der Waals surface area (Å²) in [5, 5.41) is 5.98. The summed E-state index contributed by atoms with van der Waals surface area (Å²) >= 11 is 0. The number of hydrogen-bond acceptors (Lipinski definition) is 4. The molecule has 2 amide bonds. The monoisotopic (exact) mass is 429 g/mol. The first-order chi connectivity index (χ1) is 14.8. The summed E-state index contributed by atoms with van der Waals surface area (Å²) < 4.78 is 24.4. The Morgan fingerprint density at radius 3 is 2.35 bits per heavy atom. The molecule has 1 aliphatic heterocycles. The highest BCUT2D eigenvalue weighted by Gasteiger charge is 2.33. The number of amides is 2. The van der Waals surface area contributed by atoms with Crippen LogP contribution in [0.4, 0.5) is 9.18 Å². The summed E-state index contributed by atoms with van der Waals surface area (Å²) in [5.74, 6) is 1.11. The number of halogens is 1. The van der Waals surface area contributed by atoms with Crippen LogP contribution in [0, 0.1) is 5.82 Å². The Morgan fingerprint density at radius 2 is 1.74 bits per heavy atom. The van der Waals surface area contributed by atoms with Gasteiger partial charge in [0.25, 0.3) is 0 Å². The second-order valence-electron chi connectivity index (χ2n) is 8.26. The van der Waals surface area contributed by atoms with Gasteiger partial charge in [-0.15, -0.1) is 0 Å². The van der Waals surface area contributed by atoms with Crippen LogP contribution < -0.4 is 20.1 Å². The molecule has 0 saturated heterocycles. The Morgan fingerprint density at radius 1 is 1.10 bits per heavy atom. The molecule has 168 valence electrons. The SMILES string of the molecule is COc1cc2c(cc1OC)[C@H]([C@H](C)NC(=O)NC(C)C)N(Cc1ccc(F)cc1)CC2. The molecule has 31 heavy (non-hydrogen) atoms. The van der Waals surface area contributed by atoms with E-state index in [0.717, 1.165) is 24.1 Å². The van der Waals surface area contributed by atoms with Crippen LogP contribution in [-0.2, 0) is 13.0 Å². The van der Waals surface area contributed by atoms with Gasteiger partial charge in [0.05, 0.1) is 20.3 Å². The van der Waals surface area contributed by atoms with Gasteiger partial charge < -0.3 is 20.1 Å². The van der Waals surface area contributed by atoms with E-state index in [4.69, 9.17) is 9.47 Å². The summed E-state index contributed by atoms with van der Waals surface area (Å²) in [6.07, 6.45) is 0.846. The van der Waals surface area contributed by atoms with E-state index in [0.29, 0.717) is 18.0 Å². The molecule has 3 rings (SSSR count). The van der Waals surface area contributed by atoms with Crippen LogP contribution in [0.5, 0.6) is 11.5 Å². The van der Waals surface area contributed by atoms with Crippen LogP contribution >= 0.6 is 0 Å². The van der Waals surface area contributed by atoms with Crippen molar-refractivity contribution in [2.24, 2.45) is 0 Å². The summed E-state index contributed by atoms with van der Waals surface area (Å²) in [7, 11) is 3.25. The van der Waals surface area contributed by atoms with E-state index >= 15 is 0 Å². The zero-order valence-electron chi connectivity index (χ0n) is 18.9. The second-order valence-corrected chi connectivity index (χ2v) is 8.26. The number of nitrogens with one attached hydrogen (secondary N) is 2. The third-order valence-corrected chi connectivity index (χ3v) is 5.58. The minimum absolute atomic E-state index is 0.0468. The van der Waals surface area contributed by atoms with Gasteiger partial charge in [-0.2, -0.15) is 0 Å². The van der Waals surface area contributed by atoms with Crippen LogP contribution in [0.3, 0.4) is 0 Å². The predicted octanol–water partition coefficient (Wildman–Crippen LogP) is 4.04.